The molecule has 6 heteroatoms. The Bertz CT molecular complexity index is 534. The van der Waals surface area contributed by atoms with Crippen molar-refractivity contribution in [1.29, 1.82) is 0 Å². The van der Waals surface area contributed by atoms with Gasteiger partial charge >= 0.3 is 0 Å². The van der Waals surface area contributed by atoms with Crippen LogP contribution in [0.5, 0.6) is 0 Å². The molecule has 1 aliphatic carbocycles. The highest BCUT2D eigenvalue weighted by Gasteiger charge is 2.69. The molecule has 0 aliphatic heterocycles. The van der Waals surface area contributed by atoms with E-state index >= 15 is 0 Å². The van der Waals surface area contributed by atoms with Gasteiger partial charge in [-0.05, 0) is 17.7 Å². The minimum absolute atomic E-state index is 0.331. The molecule has 2 atom stereocenters. The Labute approximate surface area is 115 Å². The van der Waals surface area contributed by atoms with Crippen LogP contribution in [0.3, 0.4) is 0 Å². The lowest BCUT2D eigenvalue weighted by atomic mass is 10.0. The fourth-order valence-corrected chi connectivity index (χ4v) is 4.99. The van der Waals surface area contributed by atoms with E-state index in [1.807, 2.05) is 24.3 Å². The predicted molar refractivity (Wildman–Crippen MR) is 72.1 cm³/mol. The molecule has 100 valence electrons. The van der Waals surface area contributed by atoms with Crippen molar-refractivity contribution in [2.45, 2.75) is 11.2 Å². The van der Waals surface area contributed by atoms with Crippen molar-refractivity contribution in [2.75, 3.05) is 19.5 Å². The molecule has 18 heavy (non-hydrogen) atoms. The molecule has 4 nitrogen and oxygen atoms in total. The lowest BCUT2D eigenvalue weighted by molar-refractivity contribution is 0.130. The number of sulfone groups is 1. The zero-order chi connectivity index (χ0) is 13.6. The minimum Gasteiger partial charge on any atom is -0.396 e. The van der Waals surface area contributed by atoms with Gasteiger partial charge in [0.05, 0.1) is 18.5 Å². The van der Waals surface area contributed by atoms with Crippen LogP contribution in [-0.2, 0) is 9.84 Å². The first-order valence-electron chi connectivity index (χ1n) is 5.53. The number of halogens is 1. The quantitative estimate of drug-likeness (QED) is 0.859. The van der Waals surface area contributed by atoms with Crippen LogP contribution in [0, 0.1) is 5.41 Å². The molecule has 0 saturated heterocycles. The van der Waals surface area contributed by atoms with Crippen molar-refractivity contribution in [2.24, 2.45) is 5.41 Å². The van der Waals surface area contributed by atoms with Crippen molar-refractivity contribution < 1.29 is 18.6 Å². The second-order valence-corrected chi connectivity index (χ2v) is 7.91. The van der Waals surface area contributed by atoms with E-state index in [4.69, 9.17) is 0 Å². The molecule has 1 aromatic rings. The van der Waals surface area contributed by atoms with Gasteiger partial charge in [0.1, 0.15) is 0 Å². The summed E-state index contributed by atoms with van der Waals surface area (Å²) >= 11 is 3.32. The summed E-state index contributed by atoms with van der Waals surface area (Å²) in [5, 5.41) is 18.2. The van der Waals surface area contributed by atoms with E-state index in [1.165, 1.54) is 0 Å². The largest absolute Gasteiger partial charge is 0.396 e. The van der Waals surface area contributed by atoms with Gasteiger partial charge in [0, 0.05) is 22.1 Å². The third kappa shape index (κ3) is 2.11. The average molecular weight is 335 g/mol. The summed E-state index contributed by atoms with van der Waals surface area (Å²) in [6.07, 6.45) is 1.15. The standard InChI is InChI=1S/C12H15BrO4S/c1-18(16,17)11-10(12(11,6-14)7-15)8-2-4-9(13)5-3-8/h2-5,10-11,14-15H,6-7H2,1H3/t10-,11-/m1/s1. The van der Waals surface area contributed by atoms with Gasteiger partial charge in [0.2, 0.25) is 0 Å². The molecule has 2 rings (SSSR count). The van der Waals surface area contributed by atoms with Gasteiger partial charge in [-0.15, -0.1) is 0 Å². The zero-order valence-corrected chi connectivity index (χ0v) is 12.3. The van der Waals surface area contributed by atoms with Crippen molar-refractivity contribution in [3.63, 3.8) is 0 Å². The molecule has 2 N–H and O–H groups in total. The lowest BCUT2D eigenvalue weighted by Gasteiger charge is -2.10. The molecule has 0 radical (unpaired) electrons. The highest BCUT2D eigenvalue weighted by molar-refractivity contribution is 9.10. The molecule has 0 heterocycles. The summed E-state index contributed by atoms with van der Waals surface area (Å²) in [6, 6.07) is 7.29. The summed E-state index contributed by atoms with van der Waals surface area (Å²) in [7, 11) is -3.30. The van der Waals surface area contributed by atoms with Crippen molar-refractivity contribution >= 4 is 25.8 Å². The molecule has 1 fully saturated rings. The molecule has 0 aromatic heterocycles. The molecular formula is C12H15BrO4S. The van der Waals surface area contributed by atoms with Crippen LogP contribution in [0.1, 0.15) is 11.5 Å². The van der Waals surface area contributed by atoms with Crippen molar-refractivity contribution in [3.8, 4) is 0 Å². The van der Waals surface area contributed by atoms with Crippen LogP contribution in [0.15, 0.2) is 28.7 Å². The number of aliphatic hydroxyl groups excluding tert-OH is 2. The van der Waals surface area contributed by atoms with E-state index in [1.54, 1.807) is 0 Å². The van der Waals surface area contributed by atoms with Crippen LogP contribution < -0.4 is 0 Å². The van der Waals surface area contributed by atoms with Gasteiger partial charge in [-0.2, -0.15) is 0 Å². The fourth-order valence-electron chi connectivity index (χ4n) is 2.73. The van der Waals surface area contributed by atoms with E-state index in [2.05, 4.69) is 15.9 Å². The van der Waals surface area contributed by atoms with Crippen molar-refractivity contribution in [3.05, 3.63) is 34.3 Å². The molecule has 0 bridgehead atoms. The van der Waals surface area contributed by atoms with E-state index < -0.39 is 20.5 Å². The summed E-state index contributed by atoms with van der Waals surface area (Å²) < 4.78 is 24.4. The first kappa shape index (κ1) is 14.0. The zero-order valence-electron chi connectivity index (χ0n) is 9.88. The average Bonchev–Trinajstić information content (AvgIpc) is 3.00. The molecule has 1 aromatic carbocycles. The summed E-state index contributed by atoms with van der Waals surface area (Å²) in [5.41, 5.74) is -0.113. The molecule has 0 unspecified atom stereocenters. The molecule has 1 aliphatic rings. The van der Waals surface area contributed by atoms with Crippen LogP contribution in [-0.4, -0.2) is 43.4 Å². The monoisotopic (exact) mass is 334 g/mol. The van der Waals surface area contributed by atoms with Crippen LogP contribution >= 0.6 is 15.9 Å². The van der Waals surface area contributed by atoms with Gasteiger partial charge < -0.3 is 10.2 Å². The highest BCUT2D eigenvalue weighted by Crippen LogP contribution is 2.62. The van der Waals surface area contributed by atoms with E-state index in [0.29, 0.717) is 0 Å². The summed E-state index contributed by atoms with van der Waals surface area (Å²) in [4.78, 5) is 0. The van der Waals surface area contributed by atoms with Crippen LogP contribution in [0.2, 0.25) is 0 Å². The third-order valence-corrected chi connectivity index (χ3v) is 5.85. The van der Waals surface area contributed by atoms with E-state index in [0.717, 1.165) is 16.3 Å². The third-order valence-electron chi connectivity index (χ3n) is 3.66. The van der Waals surface area contributed by atoms with E-state index in [-0.39, 0.29) is 19.1 Å². The summed E-state index contributed by atoms with van der Waals surface area (Å²) in [5.74, 6) is -0.337. The predicted octanol–water partition coefficient (Wildman–Crippen LogP) is 0.930. The van der Waals surface area contributed by atoms with Gasteiger partial charge in [-0.3, -0.25) is 0 Å². The number of rotatable bonds is 4. The topological polar surface area (TPSA) is 74.6 Å². The second-order valence-electron chi connectivity index (χ2n) is 4.83. The Hall–Kier alpha value is -0.430. The van der Waals surface area contributed by atoms with Crippen molar-refractivity contribution in [1.82, 2.24) is 0 Å². The van der Waals surface area contributed by atoms with Gasteiger partial charge in [0.25, 0.3) is 0 Å². The van der Waals surface area contributed by atoms with Crippen LogP contribution in [0.25, 0.3) is 0 Å². The number of benzene rings is 1. The first-order chi connectivity index (χ1) is 8.36. The maximum absolute atomic E-state index is 11.7. The first-order valence-corrected chi connectivity index (χ1v) is 8.27. The normalized spacial score (nSPS) is 26.0. The Morgan fingerprint density at radius 3 is 2.06 bits per heavy atom. The molecule has 1 saturated carbocycles. The van der Waals surface area contributed by atoms with Gasteiger partial charge in [0.15, 0.2) is 9.84 Å². The van der Waals surface area contributed by atoms with Crippen LogP contribution in [0.4, 0.5) is 0 Å². The highest BCUT2D eigenvalue weighted by atomic mass is 79.9. The van der Waals surface area contributed by atoms with E-state index in [9.17, 15) is 18.6 Å². The second kappa shape index (κ2) is 4.59. The Morgan fingerprint density at radius 1 is 1.22 bits per heavy atom. The lowest BCUT2D eigenvalue weighted by Crippen LogP contribution is -2.22. The number of hydrogen-bond acceptors (Lipinski definition) is 4. The molecule has 0 spiro atoms. The minimum atomic E-state index is -3.30. The van der Waals surface area contributed by atoms with Gasteiger partial charge in [-0.25, -0.2) is 8.42 Å². The maximum Gasteiger partial charge on any atom is 0.151 e. The van der Waals surface area contributed by atoms with Gasteiger partial charge in [-0.1, -0.05) is 28.1 Å². The summed E-state index contributed by atoms with van der Waals surface area (Å²) in [6.45, 7) is -0.663. The number of hydrogen-bond donors (Lipinski definition) is 2. The SMILES string of the molecule is CS(=O)(=O)[C@@H]1[C@@H](c2ccc(Br)cc2)C1(CO)CO. The smallest absolute Gasteiger partial charge is 0.151 e. The molecular weight excluding hydrogens is 320 g/mol. The maximum atomic E-state index is 11.7. The Balaban J connectivity index is 2.41. The Kier molecular flexibility index (Phi) is 3.57. The number of aliphatic hydroxyl groups is 2. The fraction of sp³-hybridized carbons (Fsp3) is 0.500. The molecule has 0 amide bonds. The Morgan fingerprint density at radius 2 is 1.72 bits per heavy atom.